The minimum Gasteiger partial charge on any atom is -0.480 e. The summed E-state index contributed by atoms with van der Waals surface area (Å²) in [6.45, 7) is 3.81. The van der Waals surface area contributed by atoms with Crippen molar-refractivity contribution in [3.63, 3.8) is 0 Å². The van der Waals surface area contributed by atoms with Gasteiger partial charge in [-0.1, -0.05) is 55.5 Å². The normalized spacial score (nSPS) is 14.1. The highest BCUT2D eigenvalue weighted by Gasteiger charge is 2.29. The van der Waals surface area contributed by atoms with Gasteiger partial charge < -0.3 is 20.5 Å². The number of alkyl carbamates (subject to hydrolysis) is 1. The third kappa shape index (κ3) is 5.66. The molecule has 2 amide bonds. The van der Waals surface area contributed by atoms with Gasteiger partial charge in [0, 0.05) is 18.4 Å². The Morgan fingerprint density at radius 2 is 1.59 bits per heavy atom. The molecule has 0 radical (unpaired) electrons. The Balaban J connectivity index is 1.43. The number of nitrogens with one attached hydrogen (secondary N) is 2. The summed E-state index contributed by atoms with van der Waals surface area (Å²) in [4.78, 5) is 35.2. The Kier molecular flexibility index (Phi) is 7.87. The van der Waals surface area contributed by atoms with Gasteiger partial charge in [-0.3, -0.25) is 4.79 Å². The van der Waals surface area contributed by atoms with E-state index in [-0.39, 0.29) is 30.9 Å². The fourth-order valence-electron chi connectivity index (χ4n) is 4.09. The molecule has 0 fully saturated rings. The maximum Gasteiger partial charge on any atom is 0.407 e. The van der Waals surface area contributed by atoms with Crippen molar-refractivity contribution < 1.29 is 24.2 Å². The molecule has 0 bridgehead atoms. The maximum absolute atomic E-state index is 12.3. The molecule has 1 aliphatic carbocycles. The molecule has 32 heavy (non-hydrogen) atoms. The minimum absolute atomic E-state index is 0.00731. The number of benzene rings is 2. The molecule has 2 aromatic rings. The van der Waals surface area contributed by atoms with Crippen LogP contribution in [-0.4, -0.2) is 41.8 Å². The molecule has 2 atom stereocenters. The Labute approximate surface area is 188 Å². The first-order valence-electron chi connectivity index (χ1n) is 11.0. The van der Waals surface area contributed by atoms with Crippen LogP contribution < -0.4 is 10.6 Å². The molecule has 0 aliphatic heterocycles. The molecular weight excluding hydrogens is 408 g/mol. The molecule has 1 aliphatic rings. The molecule has 7 heteroatoms. The van der Waals surface area contributed by atoms with Crippen molar-refractivity contribution in [3.05, 3.63) is 59.7 Å². The van der Waals surface area contributed by atoms with Gasteiger partial charge in [0.05, 0.1) is 0 Å². The summed E-state index contributed by atoms with van der Waals surface area (Å²) < 4.78 is 5.54. The zero-order chi connectivity index (χ0) is 23.1. The number of ether oxygens (including phenoxy) is 1. The average molecular weight is 439 g/mol. The van der Waals surface area contributed by atoms with Crippen LogP contribution in [0, 0.1) is 0 Å². The highest BCUT2D eigenvalue weighted by Crippen LogP contribution is 2.44. The second-order valence-corrected chi connectivity index (χ2v) is 8.13. The zero-order valence-corrected chi connectivity index (χ0v) is 18.5. The molecule has 2 aromatic carbocycles. The van der Waals surface area contributed by atoms with Gasteiger partial charge in [0.2, 0.25) is 5.91 Å². The smallest absolute Gasteiger partial charge is 0.407 e. The van der Waals surface area contributed by atoms with E-state index in [1.807, 2.05) is 31.2 Å². The molecule has 3 N–H and O–H groups in total. The van der Waals surface area contributed by atoms with Crippen LogP contribution in [0.1, 0.15) is 56.6 Å². The predicted molar refractivity (Wildman–Crippen MR) is 121 cm³/mol. The summed E-state index contributed by atoms with van der Waals surface area (Å²) >= 11 is 0. The van der Waals surface area contributed by atoms with Crippen molar-refractivity contribution in [1.82, 2.24) is 10.6 Å². The first kappa shape index (κ1) is 23.3. The predicted octanol–water partition coefficient (Wildman–Crippen LogP) is 4.06. The summed E-state index contributed by atoms with van der Waals surface area (Å²) in [6, 6.07) is 15.3. The Morgan fingerprint density at radius 3 is 2.16 bits per heavy atom. The number of carbonyl (C=O) groups excluding carboxylic acids is 2. The lowest BCUT2D eigenvalue weighted by Gasteiger charge is -2.17. The van der Waals surface area contributed by atoms with Crippen molar-refractivity contribution in [2.45, 2.75) is 57.5 Å². The number of fused-ring (bicyclic) bond motifs is 3. The standard InChI is InChI=1S/C25H30N2O5/c1-3-22(24(29)30)27-23(28)14-8-9-16(2)26-25(31)32-15-21-19-12-6-4-10-17(19)18-11-5-7-13-20(18)21/h4-7,10-13,16,21-22H,3,8-9,14-15H2,1-2H3,(H,26,31)(H,27,28)(H,29,30)/t16?,22-/m1/s1. The number of carbonyl (C=O) groups is 3. The average Bonchev–Trinajstić information content (AvgIpc) is 3.09. The molecule has 3 rings (SSSR count). The van der Waals surface area contributed by atoms with E-state index in [0.717, 1.165) is 11.1 Å². The molecule has 0 heterocycles. The Hall–Kier alpha value is -3.35. The van der Waals surface area contributed by atoms with Gasteiger partial charge in [0.1, 0.15) is 12.6 Å². The first-order valence-corrected chi connectivity index (χ1v) is 11.0. The lowest BCUT2D eigenvalue weighted by molar-refractivity contribution is -0.141. The Bertz CT molecular complexity index is 929. The monoisotopic (exact) mass is 438 g/mol. The third-order valence-corrected chi connectivity index (χ3v) is 5.79. The van der Waals surface area contributed by atoms with E-state index in [2.05, 4.69) is 34.9 Å². The zero-order valence-electron chi connectivity index (χ0n) is 18.5. The first-order chi connectivity index (χ1) is 15.4. The van der Waals surface area contributed by atoms with Crippen LogP contribution in [-0.2, 0) is 14.3 Å². The van der Waals surface area contributed by atoms with E-state index < -0.39 is 18.1 Å². The van der Waals surface area contributed by atoms with Gasteiger partial charge >= 0.3 is 12.1 Å². The lowest BCUT2D eigenvalue weighted by atomic mass is 9.98. The van der Waals surface area contributed by atoms with Crippen molar-refractivity contribution in [1.29, 1.82) is 0 Å². The van der Waals surface area contributed by atoms with Gasteiger partial charge in [-0.25, -0.2) is 9.59 Å². The molecule has 0 saturated carbocycles. The fraction of sp³-hybridized carbons (Fsp3) is 0.400. The maximum atomic E-state index is 12.3. The molecule has 0 saturated heterocycles. The summed E-state index contributed by atoms with van der Waals surface area (Å²) in [5.74, 6) is -1.33. The van der Waals surface area contributed by atoms with Crippen molar-refractivity contribution >= 4 is 18.0 Å². The largest absolute Gasteiger partial charge is 0.480 e. The number of hydrogen-bond donors (Lipinski definition) is 3. The van der Waals surface area contributed by atoms with Gasteiger partial charge in [0.25, 0.3) is 0 Å². The summed E-state index contributed by atoms with van der Waals surface area (Å²) in [5.41, 5.74) is 4.67. The fourth-order valence-corrected chi connectivity index (χ4v) is 4.09. The Morgan fingerprint density at radius 1 is 1.00 bits per heavy atom. The van der Waals surface area contributed by atoms with E-state index in [1.54, 1.807) is 6.92 Å². The van der Waals surface area contributed by atoms with Crippen molar-refractivity contribution in [3.8, 4) is 11.1 Å². The van der Waals surface area contributed by atoms with E-state index in [4.69, 9.17) is 9.84 Å². The van der Waals surface area contributed by atoms with Crippen LogP contribution >= 0.6 is 0 Å². The summed E-state index contributed by atoms with van der Waals surface area (Å²) in [5, 5.41) is 14.3. The molecule has 1 unspecified atom stereocenters. The van der Waals surface area contributed by atoms with Crippen LogP contribution in [0.15, 0.2) is 48.5 Å². The molecule has 170 valence electrons. The van der Waals surface area contributed by atoms with Gasteiger partial charge in [-0.2, -0.15) is 0 Å². The SMILES string of the molecule is CC[C@@H](NC(=O)CCCC(C)NC(=O)OCC1c2ccccc2-c2ccccc21)C(=O)O. The minimum atomic E-state index is -1.04. The van der Waals surface area contributed by atoms with Gasteiger partial charge in [-0.15, -0.1) is 0 Å². The molecule has 7 nitrogen and oxygen atoms in total. The van der Waals surface area contributed by atoms with E-state index in [9.17, 15) is 14.4 Å². The van der Waals surface area contributed by atoms with Gasteiger partial charge in [-0.05, 0) is 48.4 Å². The van der Waals surface area contributed by atoms with Crippen LogP contribution in [0.2, 0.25) is 0 Å². The second-order valence-electron chi connectivity index (χ2n) is 8.13. The third-order valence-electron chi connectivity index (χ3n) is 5.79. The van der Waals surface area contributed by atoms with Crippen molar-refractivity contribution in [2.75, 3.05) is 6.61 Å². The topological polar surface area (TPSA) is 105 Å². The number of rotatable bonds is 10. The highest BCUT2D eigenvalue weighted by molar-refractivity contribution is 5.83. The number of aliphatic carboxylic acids is 1. The van der Waals surface area contributed by atoms with Gasteiger partial charge in [0.15, 0.2) is 0 Å². The van der Waals surface area contributed by atoms with E-state index in [1.165, 1.54) is 11.1 Å². The number of carboxylic acids is 1. The molecular formula is C25H30N2O5. The van der Waals surface area contributed by atoms with Crippen LogP contribution in [0.5, 0.6) is 0 Å². The molecule has 0 aromatic heterocycles. The second kappa shape index (κ2) is 10.8. The summed E-state index contributed by atoms with van der Waals surface area (Å²) in [6.07, 6.45) is 1.18. The summed E-state index contributed by atoms with van der Waals surface area (Å²) in [7, 11) is 0. The van der Waals surface area contributed by atoms with Crippen LogP contribution in [0.25, 0.3) is 11.1 Å². The van der Waals surface area contributed by atoms with Crippen molar-refractivity contribution in [2.24, 2.45) is 0 Å². The quantitative estimate of drug-likeness (QED) is 0.519. The van der Waals surface area contributed by atoms with Crippen LogP contribution in [0.3, 0.4) is 0 Å². The lowest BCUT2D eigenvalue weighted by Crippen LogP contribution is -2.40. The number of hydrogen-bond acceptors (Lipinski definition) is 4. The van der Waals surface area contributed by atoms with E-state index >= 15 is 0 Å². The molecule has 0 spiro atoms. The highest BCUT2D eigenvalue weighted by atomic mass is 16.5. The van der Waals surface area contributed by atoms with Crippen LogP contribution in [0.4, 0.5) is 4.79 Å². The number of carboxylic acid groups (broad SMARTS) is 1. The van der Waals surface area contributed by atoms with E-state index in [0.29, 0.717) is 19.3 Å². The number of amides is 2.